The van der Waals surface area contributed by atoms with Crippen LogP contribution in [0.15, 0.2) is 0 Å². The van der Waals surface area contributed by atoms with Crippen LogP contribution >= 0.6 is 11.3 Å². The van der Waals surface area contributed by atoms with E-state index in [-0.39, 0.29) is 12.0 Å². The van der Waals surface area contributed by atoms with Gasteiger partial charge in [-0.15, -0.1) is 0 Å². The van der Waals surface area contributed by atoms with E-state index in [0.29, 0.717) is 6.54 Å². The molecule has 106 valence electrons. The van der Waals surface area contributed by atoms with Crippen LogP contribution in [0.5, 0.6) is 0 Å². The highest BCUT2D eigenvalue weighted by molar-refractivity contribution is 7.17. The van der Waals surface area contributed by atoms with E-state index in [2.05, 4.69) is 4.98 Å². The second kappa shape index (κ2) is 5.88. The van der Waals surface area contributed by atoms with Crippen LogP contribution in [0, 0.1) is 6.92 Å². The predicted molar refractivity (Wildman–Crippen MR) is 77.1 cm³/mol. The van der Waals surface area contributed by atoms with Crippen LogP contribution in [0.3, 0.4) is 0 Å². The minimum Gasteiger partial charge on any atom is -0.380 e. The molecule has 0 N–H and O–H groups in total. The molecule has 0 aliphatic carbocycles. The van der Waals surface area contributed by atoms with Gasteiger partial charge in [-0.2, -0.15) is 0 Å². The van der Waals surface area contributed by atoms with Crippen molar-refractivity contribution in [3.63, 3.8) is 0 Å². The van der Waals surface area contributed by atoms with Gasteiger partial charge in [-0.05, 0) is 19.8 Å². The van der Waals surface area contributed by atoms with E-state index < -0.39 is 0 Å². The second-order valence-electron chi connectivity index (χ2n) is 5.06. The summed E-state index contributed by atoms with van der Waals surface area (Å²) in [4.78, 5) is 21.5. The van der Waals surface area contributed by atoms with Crippen molar-refractivity contribution in [2.45, 2.75) is 25.9 Å². The van der Waals surface area contributed by atoms with Crippen molar-refractivity contribution in [2.75, 3.05) is 39.2 Å². The van der Waals surface area contributed by atoms with Crippen molar-refractivity contribution in [3.8, 4) is 0 Å². The number of piperidine rings is 1. The van der Waals surface area contributed by atoms with Gasteiger partial charge in [0.1, 0.15) is 4.88 Å². The summed E-state index contributed by atoms with van der Waals surface area (Å²) in [7, 11) is 5.59. The average molecular weight is 283 g/mol. The first kappa shape index (κ1) is 14.3. The normalized spacial score (nSPS) is 19.6. The van der Waals surface area contributed by atoms with Gasteiger partial charge in [0.15, 0.2) is 5.13 Å². The van der Waals surface area contributed by atoms with Crippen LogP contribution < -0.4 is 4.90 Å². The zero-order valence-electron chi connectivity index (χ0n) is 12.0. The number of carbonyl (C=O) groups is 1. The zero-order chi connectivity index (χ0) is 14.0. The van der Waals surface area contributed by atoms with Crippen LogP contribution in [-0.4, -0.2) is 56.2 Å². The minimum atomic E-state index is 0.0878. The fraction of sp³-hybridized carbons (Fsp3) is 0.692. The number of thiazole rings is 1. The first-order valence-corrected chi connectivity index (χ1v) is 7.31. The van der Waals surface area contributed by atoms with Crippen molar-refractivity contribution in [1.82, 2.24) is 9.88 Å². The van der Waals surface area contributed by atoms with Gasteiger partial charge in [-0.25, -0.2) is 4.98 Å². The monoisotopic (exact) mass is 283 g/mol. The highest BCUT2D eigenvalue weighted by Crippen LogP contribution is 2.27. The number of likely N-dealkylation sites (tertiary alicyclic amines) is 1. The molecule has 0 saturated carbocycles. The fourth-order valence-electron chi connectivity index (χ4n) is 2.23. The highest BCUT2D eigenvalue weighted by Gasteiger charge is 2.27. The Labute approximate surface area is 118 Å². The Bertz CT molecular complexity index is 459. The fourth-order valence-corrected chi connectivity index (χ4v) is 3.19. The Hall–Kier alpha value is -1.14. The van der Waals surface area contributed by atoms with Gasteiger partial charge in [-0.1, -0.05) is 11.3 Å². The molecule has 1 aliphatic rings. The number of hydrogen-bond donors (Lipinski definition) is 0. The van der Waals surface area contributed by atoms with E-state index in [1.165, 1.54) is 11.3 Å². The molecule has 1 unspecified atom stereocenters. The molecule has 1 aromatic heterocycles. The molecule has 0 bridgehead atoms. The van der Waals surface area contributed by atoms with E-state index in [4.69, 9.17) is 4.74 Å². The summed E-state index contributed by atoms with van der Waals surface area (Å²) < 4.78 is 5.37. The van der Waals surface area contributed by atoms with Crippen molar-refractivity contribution in [2.24, 2.45) is 0 Å². The van der Waals surface area contributed by atoms with E-state index in [9.17, 15) is 4.79 Å². The molecule has 0 spiro atoms. The molecule has 1 aliphatic heterocycles. The van der Waals surface area contributed by atoms with E-state index in [0.717, 1.165) is 35.1 Å². The summed E-state index contributed by atoms with van der Waals surface area (Å²) in [6.07, 6.45) is 2.20. The number of aromatic nitrogens is 1. The summed E-state index contributed by atoms with van der Waals surface area (Å²) in [5, 5.41) is 0.876. The van der Waals surface area contributed by atoms with Gasteiger partial charge < -0.3 is 14.5 Å². The van der Waals surface area contributed by atoms with Crippen LogP contribution in [-0.2, 0) is 4.74 Å². The minimum absolute atomic E-state index is 0.0878. The Balaban J connectivity index is 2.14. The number of carbonyl (C=O) groups excluding carboxylic acids is 1. The number of nitrogens with zero attached hydrogens (tertiary/aromatic N) is 3. The summed E-state index contributed by atoms with van der Waals surface area (Å²) in [6, 6.07) is 0. The Morgan fingerprint density at radius 1 is 1.53 bits per heavy atom. The first-order valence-electron chi connectivity index (χ1n) is 6.49. The lowest BCUT2D eigenvalue weighted by molar-refractivity contribution is 0.0271. The molecule has 19 heavy (non-hydrogen) atoms. The quantitative estimate of drug-likeness (QED) is 0.848. The number of rotatable bonds is 3. The molecule has 1 fully saturated rings. The van der Waals surface area contributed by atoms with Gasteiger partial charge in [0.05, 0.1) is 11.8 Å². The summed E-state index contributed by atoms with van der Waals surface area (Å²) >= 11 is 1.46. The van der Waals surface area contributed by atoms with Gasteiger partial charge >= 0.3 is 0 Å². The Morgan fingerprint density at radius 2 is 2.26 bits per heavy atom. The maximum absolute atomic E-state index is 12.5. The third-order valence-electron chi connectivity index (χ3n) is 3.36. The van der Waals surface area contributed by atoms with E-state index in [1.54, 1.807) is 7.11 Å². The van der Waals surface area contributed by atoms with Crippen molar-refractivity contribution < 1.29 is 9.53 Å². The number of methoxy groups -OCH3 is 1. The van der Waals surface area contributed by atoms with Crippen LogP contribution in [0.4, 0.5) is 5.13 Å². The van der Waals surface area contributed by atoms with Crippen molar-refractivity contribution in [1.29, 1.82) is 0 Å². The molecular formula is C13H21N3O2S. The van der Waals surface area contributed by atoms with Crippen molar-refractivity contribution in [3.05, 3.63) is 10.6 Å². The van der Waals surface area contributed by atoms with Crippen LogP contribution in [0.2, 0.25) is 0 Å². The molecule has 2 heterocycles. The first-order chi connectivity index (χ1) is 9.02. The lowest BCUT2D eigenvalue weighted by Gasteiger charge is -2.31. The summed E-state index contributed by atoms with van der Waals surface area (Å²) in [6.45, 7) is 3.39. The average Bonchev–Trinajstić information content (AvgIpc) is 2.80. The highest BCUT2D eigenvalue weighted by atomic mass is 32.1. The number of amides is 1. The van der Waals surface area contributed by atoms with Gasteiger partial charge in [0.2, 0.25) is 0 Å². The van der Waals surface area contributed by atoms with Crippen LogP contribution in [0.25, 0.3) is 0 Å². The third-order valence-corrected chi connectivity index (χ3v) is 4.67. The Kier molecular flexibility index (Phi) is 4.42. The maximum Gasteiger partial charge on any atom is 0.266 e. The van der Waals surface area contributed by atoms with Gasteiger partial charge in [-0.3, -0.25) is 4.79 Å². The molecule has 1 atom stereocenters. The Morgan fingerprint density at radius 3 is 2.84 bits per heavy atom. The standard InChI is InChI=1S/C13H21N3O2S/c1-9-11(19-13(14-9)15(2)3)12(17)16-7-5-6-10(8-16)18-4/h10H,5-8H2,1-4H3. The molecule has 2 rings (SSSR count). The topological polar surface area (TPSA) is 45.7 Å². The molecule has 5 nitrogen and oxygen atoms in total. The number of hydrogen-bond acceptors (Lipinski definition) is 5. The molecular weight excluding hydrogens is 262 g/mol. The molecule has 0 radical (unpaired) electrons. The van der Waals surface area contributed by atoms with Gasteiger partial charge in [0, 0.05) is 34.3 Å². The van der Waals surface area contributed by atoms with Crippen LogP contribution in [0.1, 0.15) is 28.2 Å². The second-order valence-corrected chi connectivity index (χ2v) is 6.03. The predicted octanol–water partition coefficient (Wildman–Crippen LogP) is 1.77. The lowest BCUT2D eigenvalue weighted by Crippen LogP contribution is -2.42. The smallest absolute Gasteiger partial charge is 0.266 e. The summed E-state index contributed by atoms with van der Waals surface area (Å²) in [5.41, 5.74) is 0.818. The molecule has 1 aromatic rings. The SMILES string of the molecule is COC1CCCN(C(=O)c2sc(N(C)C)nc2C)C1. The van der Waals surface area contributed by atoms with Crippen molar-refractivity contribution >= 4 is 22.4 Å². The molecule has 6 heteroatoms. The van der Waals surface area contributed by atoms with E-state index >= 15 is 0 Å². The largest absolute Gasteiger partial charge is 0.380 e. The number of ether oxygens (including phenoxy) is 1. The lowest BCUT2D eigenvalue weighted by atomic mass is 10.1. The molecule has 0 aromatic carbocycles. The summed E-state index contributed by atoms with van der Waals surface area (Å²) in [5.74, 6) is 0.0878. The molecule has 1 saturated heterocycles. The maximum atomic E-state index is 12.5. The third kappa shape index (κ3) is 3.06. The number of anilines is 1. The van der Waals surface area contributed by atoms with Gasteiger partial charge in [0.25, 0.3) is 5.91 Å². The zero-order valence-corrected chi connectivity index (χ0v) is 12.8. The van der Waals surface area contributed by atoms with E-state index in [1.807, 2.05) is 30.8 Å². The molecule has 1 amide bonds. The number of aryl methyl sites for hydroxylation is 1.